The maximum absolute atomic E-state index is 13.1. The molecule has 0 unspecified atom stereocenters. The minimum atomic E-state index is -0.255. The Morgan fingerprint density at radius 3 is 2.62 bits per heavy atom. The molecule has 2 aromatic rings. The number of hydrogen-bond acceptors (Lipinski definition) is 3. The smallest absolute Gasteiger partial charge is 0.220 e. The fourth-order valence-electron chi connectivity index (χ4n) is 3.58. The highest BCUT2D eigenvalue weighted by atomic mass is 19.1. The summed E-state index contributed by atoms with van der Waals surface area (Å²) in [5.41, 5.74) is 1.79. The predicted molar refractivity (Wildman–Crippen MR) is 112 cm³/mol. The largest absolute Gasteiger partial charge is 0.359 e. The highest BCUT2D eigenvalue weighted by Crippen LogP contribution is 2.20. The number of piperidine rings is 1. The topological polar surface area (TPSA) is 74.5 Å². The number of likely N-dealkylation sites (tertiary alicyclic amines) is 1. The number of amides is 1. The van der Waals surface area contributed by atoms with Gasteiger partial charge in [0.1, 0.15) is 5.82 Å². The predicted octanol–water partition coefficient (Wildman–Crippen LogP) is 1.98. The zero-order valence-corrected chi connectivity index (χ0v) is 17.1. The van der Waals surface area contributed by atoms with Gasteiger partial charge in [0, 0.05) is 52.8 Å². The van der Waals surface area contributed by atoms with Crippen LogP contribution in [-0.4, -0.2) is 60.3 Å². The van der Waals surface area contributed by atoms with E-state index in [4.69, 9.17) is 0 Å². The third-order valence-electron chi connectivity index (χ3n) is 5.28. The van der Waals surface area contributed by atoms with Crippen molar-refractivity contribution in [2.24, 2.45) is 10.9 Å². The van der Waals surface area contributed by atoms with Gasteiger partial charge in [0.2, 0.25) is 5.91 Å². The number of rotatable bonds is 6. The van der Waals surface area contributed by atoms with E-state index in [-0.39, 0.29) is 11.7 Å². The van der Waals surface area contributed by atoms with Crippen molar-refractivity contribution < 1.29 is 9.18 Å². The Morgan fingerprint density at radius 1 is 1.24 bits per heavy atom. The summed E-state index contributed by atoms with van der Waals surface area (Å²) in [5, 5.41) is 10.7. The molecule has 156 valence electrons. The number of aromatic nitrogens is 2. The number of halogens is 1. The van der Waals surface area contributed by atoms with Crippen LogP contribution in [0, 0.1) is 11.7 Å². The minimum Gasteiger partial charge on any atom is -0.359 e. The van der Waals surface area contributed by atoms with Crippen molar-refractivity contribution in [3.05, 3.63) is 48.0 Å². The third kappa shape index (κ3) is 5.79. The minimum absolute atomic E-state index is 0.117. The van der Waals surface area contributed by atoms with E-state index in [1.165, 1.54) is 12.1 Å². The lowest BCUT2D eigenvalue weighted by molar-refractivity contribution is -0.121. The van der Waals surface area contributed by atoms with Crippen LogP contribution in [0.25, 0.3) is 5.69 Å². The lowest BCUT2D eigenvalue weighted by atomic mass is 9.93. The molecule has 1 aliphatic heterocycles. The number of nitrogens with one attached hydrogen (secondary N) is 2. The molecule has 0 aliphatic carbocycles. The summed E-state index contributed by atoms with van der Waals surface area (Å²) >= 11 is 0. The van der Waals surface area contributed by atoms with Crippen molar-refractivity contribution in [1.82, 2.24) is 25.3 Å². The first kappa shape index (κ1) is 20.8. The second-order valence-electron chi connectivity index (χ2n) is 7.26. The van der Waals surface area contributed by atoms with Crippen LogP contribution in [-0.2, 0) is 11.2 Å². The van der Waals surface area contributed by atoms with Crippen molar-refractivity contribution in [1.29, 1.82) is 0 Å². The molecule has 0 atom stereocenters. The highest BCUT2D eigenvalue weighted by Gasteiger charge is 2.22. The van der Waals surface area contributed by atoms with Crippen LogP contribution in [0.1, 0.15) is 25.0 Å². The van der Waals surface area contributed by atoms with Gasteiger partial charge in [-0.2, -0.15) is 5.10 Å². The molecule has 7 nitrogen and oxygen atoms in total. The highest BCUT2D eigenvalue weighted by molar-refractivity contribution is 5.80. The van der Waals surface area contributed by atoms with Crippen LogP contribution in [0.3, 0.4) is 0 Å². The van der Waals surface area contributed by atoms with Gasteiger partial charge in [-0.25, -0.2) is 9.07 Å². The summed E-state index contributed by atoms with van der Waals surface area (Å²) in [7, 11) is 3.48. The van der Waals surface area contributed by atoms with Gasteiger partial charge < -0.3 is 15.5 Å². The molecular weight excluding hydrogens is 371 g/mol. The third-order valence-corrected chi connectivity index (χ3v) is 5.28. The molecule has 2 heterocycles. The monoisotopic (exact) mass is 400 g/mol. The lowest BCUT2D eigenvalue weighted by Gasteiger charge is -2.34. The van der Waals surface area contributed by atoms with E-state index in [1.54, 1.807) is 30.9 Å². The SMILES string of the molecule is CN=C(NCCc1ccn(-c2ccc(F)cc2)n1)N1CCC(CC(=O)NC)CC1. The molecule has 2 N–H and O–H groups in total. The summed E-state index contributed by atoms with van der Waals surface area (Å²) in [5.74, 6) is 1.20. The number of carbonyl (C=O) groups excluding carboxylic acids is 1. The van der Waals surface area contributed by atoms with Crippen LogP contribution in [0.5, 0.6) is 0 Å². The number of guanidine groups is 1. The molecule has 29 heavy (non-hydrogen) atoms. The van der Waals surface area contributed by atoms with Gasteiger partial charge in [-0.3, -0.25) is 9.79 Å². The Hall–Kier alpha value is -2.90. The number of hydrogen-bond donors (Lipinski definition) is 2. The summed E-state index contributed by atoms with van der Waals surface area (Å²) in [6.45, 7) is 2.53. The first-order valence-corrected chi connectivity index (χ1v) is 10.1. The maximum atomic E-state index is 13.1. The van der Waals surface area contributed by atoms with Gasteiger partial charge in [-0.1, -0.05) is 0 Å². The molecular formula is C21H29FN6O. The second kappa shape index (κ2) is 10.0. The molecule has 0 radical (unpaired) electrons. The molecule has 1 fully saturated rings. The molecule has 1 amide bonds. The summed E-state index contributed by atoms with van der Waals surface area (Å²) < 4.78 is 14.8. The number of aliphatic imine (C=N–C) groups is 1. The average Bonchev–Trinajstić information content (AvgIpc) is 3.21. The quantitative estimate of drug-likeness (QED) is 0.574. The summed E-state index contributed by atoms with van der Waals surface area (Å²) in [4.78, 5) is 18.2. The van der Waals surface area contributed by atoms with Crippen LogP contribution in [0.15, 0.2) is 41.5 Å². The van der Waals surface area contributed by atoms with Crippen molar-refractivity contribution in [3.8, 4) is 5.69 Å². The van der Waals surface area contributed by atoms with Crippen LogP contribution in [0.2, 0.25) is 0 Å². The van der Waals surface area contributed by atoms with E-state index in [1.807, 2.05) is 12.3 Å². The van der Waals surface area contributed by atoms with Crippen LogP contribution in [0.4, 0.5) is 4.39 Å². The maximum Gasteiger partial charge on any atom is 0.220 e. The fourth-order valence-corrected chi connectivity index (χ4v) is 3.58. The van der Waals surface area contributed by atoms with Crippen LogP contribution >= 0.6 is 0 Å². The fraction of sp³-hybridized carbons (Fsp3) is 0.476. The molecule has 3 rings (SSSR count). The van der Waals surface area contributed by atoms with Crippen molar-refractivity contribution >= 4 is 11.9 Å². The lowest BCUT2D eigenvalue weighted by Crippen LogP contribution is -2.46. The summed E-state index contributed by atoms with van der Waals surface area (Å²) in [6.07, 6.45) is 5.24. The number of carbonyl (C=O) groups is 1. The van der Waals surface area contributed by atoms with Gasteiger partial charge in [-0.05, 0) is 49.1 Å². The standard InChI is InChI=1S/C21H29FN6O/c1-23-20(29)15-16-8-12-27(13-9-16)21(24-2)25-11-7-18-10-14-28(26-18)19-5-3-17(22)4-6-19/h3-6,10,14,16H,7-9,11-13,15H2,1-2H3,(H,23,29)(H,24,25). The molecule has 1 aromatic carbocycles. The molecule has 0 saturated carbocycles. The Morgan fingerprint density at radius 2 is 1.97 bits per heavy atom. The van der Waals surface area contributed by atoms with E-state index < -0.39 is 0 Å². The first-order chi connectivity index (χ1) is 14.1. The number of benzene rings is 1. The molecule has 0 bridgehead atoms. The van der Waals surface area contributed by atoms with E-state index in [0.717, 1.165) is 56.2 Å². The van der Waals surface area contributed by atoms with E-state index in [0.29, 0.717) is 12.3 Å². The van der Waals surface area contributed by atoms with E-state index in [9.17, 15) is 9.18 Å². The van der Waals surface area contributed by atoms with E-state index >= 15 is 0 Å². The Balaban J connectivity index is 1.45. The molecule has 8 heteroatoms. The average molecular weight is 401 g/mol. The van der Waals surface area contributed by atoms with E-state index in [2.05, 4.69) is 25.6 Å². The number of nitrogens with zero attached hydrogens (tertiary/aromatic N) is 4. The van der Waals surface area contributed by atoms with Gasteiger partial charge in [0.15, 0.2) is 5.96 Å². The second-order valence-corrected chi connectivity index (χ2v) is 7.26. The Labute approximate surface area is 171 Å². The van der Waals surface area contributed by atoms with Crippen molar-refractivity contribution in [3.63, 3.8) is 0 Å². The summed E-state index contributed by atoms with van der Waals surface area (Å²) in [6, 6.07) is 8.25. The Bertz CT molecular complexity index is 824. The zero-order chi connectivity index (χ0) is 20.6. The first-order valence-electron chi connectivity index (χ1n) is 10.1. The zero-order valence-electron chi connectivity index (χ0n) is 17.1. The van der Waals surface area contributed by atoms with Gasteiger partial charge >= 0.3 is 0 Å². The molecule has 0 spiro atoms. The van der Waals surface area contributed by atoms with Gasteiger partial charge in [0.05, 0.1) is 11.4 Å². The van der Waals surface area contributed by atoms with Gasteiger partial charge in [0.25, 0.3) is 0 Å². The molecule has 1 aliphatic rings. The van der Waals surface area contributed by atoms with Crippen molar-refractivity contribution in [2.75, 3.05) is 33.7 Å². The Kier molecular flexibility index (Phi) is 7.21. The van der Waals surface area contributed by atoms with Crippen molar-refractivity contribution in [2.45, 2.75) is 25.7 Å². The van der Waals surface area contributed by atoms with Crippen LogP contribution < -0.4 is 10.6 Å². The van der Waals surface area contributed by atoms with Gasteiger partial charge in [-0.15, -0.1) is 0 Å². The molecule has 1 saturated heterocycles. The normalized spacial score (nSPS) is 15.4. The molecule has 1 aromatic heterocycles.